The molecule has 0 bridgehead atoms. The summed E-state index contributed by atoms with van der Waals surface area (Å²) < 4.78 is 13.0. The number of halogens is 2. The van der Waals surface area contributed by atoms with Crippen LogP contribution in [0.25, 0.3) is 0 Å². The third-order valence-corrected chi connectivity index (χ3v) is 3.52. The Kier molecular flexibility index (Phi) is 4.14. The number of rotatable bonds is 3. The highest BCUT2D eigenvalue weighted by Crippen LogP contribution is 2.15. The summed E-state index contributed by atoms with van der Waals surface area (Å²) in [4.78, 5) is 17.7. The van der Waals surface area contributed by atoms with Gasteiger partial charge in [-0.15, -0.1) is 0 Å². The van der Waals surface area contributed by atoms with Gasteiger partial charge in [0.15, 0.2) is 0 Å². The molecule has 1 N–H and O–H groups in total. The maximum atomic E-state index is 13.0. The Morgan fingerprint density at radius 1 is 1.72 bits per heavy atom. The minimum atomic E-state index is -0.567. The summed E-state index contributed by atoms with van der Waals surface area (Å²) in [5.41, 5.74) is 0.0808. The molecule has 0 aliphatic carbocycles. The largest absolute Gasteiger partial charge is 0.350 e. The molecule has 18 heavy (non-hydrogen) atoms. The summed E-state index contributed by atoms with van der Waals surface area (Å²) in [6.45, 7) is 1.59. The van der Waals surface area contributed by atoms with Crippen LogP contribution in [0.3, 0.4) is 0 Å². The smallest absolute Gasteiger partial charge is 0.254 e. The van der Waals surface area contributed by atoms with Gasteiger partial charge in [0.1, 0.15) is 11.0 Å². The van der Waals surface area contributed by atoms with Crippen molar-refractivity contribution < 1.29 is 9.18 Å². The van der Waals surface area contributed by atoms with E-state index in [0.29, 0.717) is 12.6 Å². The first-order valence-corrected chi connectivity index (χ1v) is 6.25. The van der Waals surface area contributed by atoms with E-state index in [2.05, 4.69) is 15.2 Å². The van der Waals surface area contributed by atoms with Crippen LogP contribution in [-0.2, 0) is 0 Å². The predicted molar refractivity (Wildman–Crippen MR) is 67.2 cm³/mol. The van der Waals surface area contributed by atoms with Crippen LogP contribution in [0.5, 0.6) is 0 Å². The van der Waals surface area contributed by atoms with Gasteiger partial charge in [0.05, 0.1) is 11.8 Å². The third-order valence-electron chi connectivity index (χ3n) is 3.22. The number of hydrogen-bond acceptors (Lipinski definition) is 3. The SMILES string of the molecule is CN1CCCC1CNC(=O)c1cc(F)cnc1Cl. The van der Waals surface area contributed by atoms with Gasteiger partial charge in [0.2, 0.25) is 0 Å². The Labute approximate surface area is 110 Å². The lowest BCUT2D eigenvalue weighted by Gasteiger charge is -2.19. The Hall–Kier alpha value is -1.20. The van der Waals surface area contributed by atoms with E-state index in [1.807, 2.05) is 7.05 Å². The van der Waals surface area contributed by atoms with Crippen LogP contribution in [-0.4, -0.2) is 42.0 Å². The van der Waals surface area contributed by atoms with Gasteiger partial charge >= 0.3 is 0 Å². The quantitative estimate of drug-likeness (QED) is 0.851. The van der Waals surface area contributed by atoms with Crippen LogP contribution < -0.4 is 5.32 Å². The van der Waals surface area contributed by atoms with Gasteiger partial charge in [-0.1, -0.05) is 11.6 Å². The van der Waals surface area contributed by atoms with Gasteiger partial charge in [-0.05, 0) is 32.5 Å². The first-order chi connectivity index (χ1) is 8.58. The molecule has 2 heterocycles. The van der Waals surface area contributed by atoms with Gasteiger partial charge in [0.25, 0.3) is 5.91 Å². The molecule has 4 nitrogen and oxygen atoms in total. The molecule has 98 valence electrons. The van der Waals surface area contributed by atoms with Crippen LogP contribution in [0.15, 0.2) is 12.3 Å². The van der Waals surface area contributed by atoms with E-state index in [-0.39, 0.29) is 16.6 Å². The Balaban J connectivity index is 1.97. The molecule has 1 aromatic heterocycles. The molecule has 1 aliphatic heterocycles. The third kappa shape index (κ3) is 2.97. The van der Waals surface area contributed by atoms with Crippen molar-refractivity contribution in [2.75, 3.05) is 20.1 Å². The molecule has 1 unspecified atom stereocenters. The van der Waals surface area contributed by atoms with E-state index in [4.69, 9.17) is 11.6 Å². The Morgan fingerprint density at radius 2 is 2.50 bits per heavy atom. The normalized spacial score (nSPS) is 20.1. The topological polar surface area (TPSA) is 45.2 Å². The fraction of sp³-hybridized carbons (Fsp3) is 0.500. The van der Waals surface area contributed by atoms with Crippen molar-refractivity contribution >= 4 is 17.5 Å². The van der Waals surface area contributed by atoms with Crippen LogP contribution in [0.4, 0.5) is 4.39 Å². The molecule has 0 saturated carbocycles. The molecular formula is C12H15ClFN3O. The molecule has 1 aliphatic rings. The lowest BCUT2D eigenvalue weighted by Crippen LogP contribution is -2.38. The molecule has 0 spiro atoms. The highest BCUT2D eigenvalue weighted by molar-refractivity contribution is 6.32. The van der Waals surface area contributed by atoms with E-state index in [1.54, 1.807) is 0 Å². The number of amides is 1. The van der Waals surface area contributed by atoms with Crippen LogP contribution in [0.2, 0.25) is 5.15 Å². The van der Waals surface area contributed by atoms with Gasteiger partial charge in [-0.25, -0.2) is 9.37 Å². The number of aromatic nitrogens is 1. The van der Waals surface area contributed by atoms with Crippen LogP contribution in [0, 0.1) is 5.82 Å². The molecule has 1 aromatic rings. The number of nitrogens with zero attached hydrogens (tertiary/aromatic N) is 2. The van der Waals surface area contributed by atoms with Gasteiger partial charge in [-0.2, -0.15) is 0 Å². The zero-order valence-corrected chi connectivity index (χ0v) is 10.9. The molecule has 1 fully saturated rings. The summed E-state index contributed by atoms with van der Waals surface area (Å²) in [5.74, 6) is -0.949. The second-order valence-electron chi connectivity index (χ2n) is 4.48. The number of likely N-dealkylation sites (N-methyl/N-ethyl adjacent to an activating group) is 1. The average molecular weight is 272 g/mol. The highest BCUT2D eigenvalue weighted by atomic mass is 35.5. The standard InChI is InChI=1S/C12H15ClFN3O/c1-17-4-2-3-9(17)7-16-12(18)10-5-8(14)6-15-11(10)13/h5-6,9H,2-4,7H2,1H3,(H,16,18). The Bertz CT molecular complexity index is 455. The van der Waals surface area contributed by atoms with Crippen molar-refractivity contribution in [3.05, 3.63) is 28.8 Å². The lowest BCUT2D eigenvalue weighted by molar-refractivity contribution is 0.0943. The summed E-state index contributed by atoms with van der Waals surface area (Å²) in [7, 11) is 2.03. The minimum absolute atomic E-state index is 0.0219. The van der Waals surface area contributed by atoms with Crippen molar-refractivity contribution in [3.63, 3.8) is 0 Å². The predicted octanol–water partition coefficient (Wildman–Crippen LogP) is 1.70. The first kappa shape index (κ1) is 13.2. The zero-order valence-electron chi connectivity index (χ0n) is 10.1. The van der Waals surface area contributed by atoms with Crippen molar-refractivity contribution in [1.82, 2.24) is 15.2 Å². The van der Waals surface area contributed by atoms with E-state index in [0.717, 1.165) is 31.6 Å². The maximum absolute atomic E-state index is 13.0. The summed E-state index contributed by atoms with van der Waals surface area (Å²) in [5, 5.41) is 2.79. The number of carbonyl (C=O) groups is 1. The second-order valence-corrected chi connectivity index (χ2v) is 4.84. The fourth-order valence-electron chi connectivity index (χ4n) is 2.12. The van der Waals surface area contributed by atoms with Crippen LogP contribution in [0.1, 0.15) is 23.2 Å². The monoisotopic (exact) mass is 271 g/mol. The number of carbonyl (C=O) groups excluding carboxylic acids is 1. The van der Waals surface area contributed by atoms with Gasteiger partial charge in [-0.3, -0.25) is 4.79 Å². The van der Waals surface area contributed by atoms with E-state index >= 15 is 0 Å². The van der Waals surface area contributed by atoms with Gasteiger partial charge in [0, 0.05) is 12.6 Å². The lowest BCUT2D eigenvalue weighted by atomic mass is 10.2. The van der Waals surface area contributed by atoms with Crippen molar-refractivity contribution in [2.24, 2.45) is 0 Å². The Morgan fingerprint density at radius 3 is 3.17 bits per heavy atom. The highest BCUT2D eigenvalue weighted by Gasteiger charge is 2.22. The van der Waals surface area contributed by atoms with Crippen molar-refractivity contribution in [2.45, 2.75) is 18.9 Å². The van der Waals surface area contributed by atoms with Gasteiger partial charge < -0.3 is 10.2 Å². The van der Waals surface area contributed by atoms with Crippen LogP contribution >= 0.6 is 11.6 Å². The van der Waals surface area contributed by atoms with E-state index in [9.17, 15) is 9.18 Å². The minimum Gasteiger partial charge on any atom is -0.350 e. The molecule has 1 saturated heterocycles. The average Bonchev–Trinajstić information content (AvgIpc) is 2.75. The molecule has 1 amide bonds. The molecular weight excluding hydrogens is 257 g/mol. The maximum Gasteiger partial charge on any atom is 0.254 e. The van der Waals surface area contributed by atoms with E-state index in [1.165, 1.54) is 0 Å². The molecule has 6 heteroatoms. The zero-order chi connectivity index (χ0) is 13.1. The van der Waals surface area contributed by atoms with E-state index < -0.39 is 5.82 Å². The number of hydrogen-bond donors (Lipinski definition) is 1. The number of likely N-dealkylation sites (tertiary alicyclic amines) is 1. The molecule has 2 rings (SSSR count). The van der Waals surface area contributed by atoms with Crippen molar-refractivity contribution in [1.29, 1.82) is 0 Å². The first-order valence-electron chi connectivity index (χ1n) is 5.87. The number of pyridine rings is 1. The number of nitrogens with one attached hydrogen (secondary N) is 1. The fourth-order valence-corrected chi connectivity index (χ4v) is 2.31. The van der Waals surface area contributed by atoms with Crippen molar-refractivity contribution in [3.8, 4) is 0 Å². The molecule has 0 radical (unpaired) electrons. The summed E-state index contributed by atoms with van der Waals surface area (Å²) in [6, 6.07) is 1.44. The summed E-state index contributed by atoms with van der Waals surface area (Å²) >= 11 is 5.77. The summed E-state index contributed by atoms with van der Waals surface area (Å²) in [6.07, 6.45) is 3.19. The second kappa shape index (κ2) is 5.63. The molecule has 0 aromatic carbocycles. The molecule has 1 atom stereocenters.